The molecule has 0 radical (unpaired) electrons. The first-order valence-electron chi connectivity index (χ1n) is 14.5. The van der Waals surface area contributed by atoms with Crippen molar-refractivity contribution in [3.8, 4) is 5.75 Å². The average Bonchev–Trinajstić information content (AvgIpc) is 3.58. The number of hydrogen-bond acceptors (Lipinski definition) is 6. The second-order valence-electron chi connectivity index (χ2n) is 11.5. The summed E-state index contributed by atoms with van der Waals surface area (Å²) in [5.74, 6) is -1.48. The number of anilines is 1. The molecule has 1 aliphatic carbocycles. The number of fused-ring (bicyclic) bond motifs is 1. The molecule has 39 heavy (non-hydrogen) atoms. The van der Waals surface area contributed by atoms with Crippen molar-refractivity contribution in [3.05, 3.63) is 36.4 Å². The molecule has 3 aliphatic heterocycles. The lowest BCUT2D eigenvalue weighted by Crippen LogP contribution is -2.57. The number of rotatable bonds is 11. The maximum Gasteiger partial charge on any atom is 0.246 e. The number of likely N-dealkylation sites (tertiary alicyclic amines) is 1. The largest absolute Gasteiger partial charge is 0.497 e. The molecule has 2 N–H and O–H groups in total. The number of hydrogen-bond donors (Lipinski definition) is 2. The highest BCUT2D eigenvalue weighted by molar-refractivity contribution is 6.02. The highest BCUT2D eigenvalue weighted by Gasteiger charge is 2.72. The molecule has 1 saturated carbocycles. The first kappa shape index (κ1) is 27.6. The van der Waals surface area contributed by atoms with Gasteiger partial charge in [-0.1, -0.05) is 50.8 Å². The molecule has 2 bridgehead atoms. The van der Waals surface area contributed by atoms with Crippen LogP contribution in [0.15, 0.2) is 36.4 Å². The quantitative estimate of drug-likeness (QED) is 0.420. The molecule has 0 aromatic heterocycles. The molecule has 5 atom stereocenters. The first-order chi connectivity index (χ1) is 18.9. The second-order valence-corrected chi connectivity index (χ2v) is 11.5. The fourth-order valence-corrected chi connectivity index (χ4v) is 6.78. The van der Waals surface area contributed by atoms with Crippen molar-refractivity contribution in [1.82, 2.24) is 15.1 Å². The number of carbonyl (C=O) groups excluding carboxylic acids is 3. The number of unbranched alkanes of at least 4 members (excludes halogenated alkanes) is 1. The van der Waals surface area contributed by atoms with Crippen LogP contribution >= 0.6 is 0 Å². The van der Waals surface area contributed by atoms with E-state index in [-0.39, 0.29) is 23.8 Å². The van der Waals surface area contributed by atoms with Crippen molar-refractivity contribution in [2.24, 2.45) is 11.8 Å². The van der Waals surface area contributed by atoms with Gasteiger partial charge < -0.3 is 29.9 Å². The third-order valence-electron chi connectivity index (χ3n) is 8.83. The van der Waals surface area contributed by atoms with Crippen molar-refractivity contribution in [2.45, 2.75) is 75.7 Å². The maximum atomic E-state index is 14.1. The molecule has 5 rings (SSSR count). The van der Waals surface area contributed by atoms with Crippen LogP contribution in [0, 0.1) is 11.8 Å². The molecule has 2 saturated heterocycles. The Morgan fingerprint density at radius 2 is 1.97 bits per heavy atom. The highest BCUT2D eigenvalue weighted by atomic mass is 16.5. The fourth-order valence-electron chi connectivity index (χ4n) is 6.78. The minimum atomic E-state index is -1.14. The summed E-state index contributed by atoms with van der Waals surface area (Å²) in [5.41, 5.74) is -0.551. The number of methoxy groups -OCH3 is 1. The number of benzene rings is 1. The van der Waals surface area contributed by atoms with Crippen LogP contribution in [-0.4, -0.2) is 85.1 Å². The molecule has 212 valence electrons. The Labute approximate surface area is 231 Å². The Morgan fingerprint density at radius 1 is 1.18 bits per heavy atom. The second kappa shape index (κ2) is 11.7. The van der Waals surface area contributed by atoms with E-state index in [1.807, 2.05) is 19.2 Å². The fraction of sp³-hybridized carbons (Fsp3) is 0.633. The minimum absolute atomic E-state index is 0.112. The van der Waals surface area contributed by atoms with Crippen molar-refractivity contribution >= 4 is 23.4 Å². The van der Waals surface area contributed by atoms with Gasteiger partial charge in [0.25, 0.3) is 0 Å². The molecule has 3 fully saturated rings. The van der Waals surface area contributed by atoms with Crippen molar-refractivity contribution in [3.63, 3.8) is 0 Å². The zero-order chi connectivity index (χ0) is 27.6. The van der Waals surface area contributed by atoms with E-state index in [9.17, 15) is 14.4 Å². The van der Waals surface area contributed by atoms with Gasteiger partial charge in [0, 0.05) is 30.9 Å². The summed E-state index contributed by atoms with van der Waals surface area (Å²) in [6, 6.07) is 6.45. The molecule has 1 spiro atoms. The Morgan fingerprint density at radius 3 is 2.72 bits per heavy atom. The van der Waals surface area contributed by atoms with Crippen LogP contribution < -0.4 is 15.4 Å². The first-order valence-corrected chi connectivity index (χ1v) is 14.5. The third kappa shape index (κ3) is 5.31. The molecule has 4 aliphatic rings. The van der Waals surface area contributed by atoms with Gasteiger partial charge in [0.15, 0.2) is 0 Å². The number of amides is 3. The molecule has 3 amide bonds. The molecule has 3 heterocycles. The predicted molar refractivity (Wildman–Crippen MR) is 148 cm³/mol. The Kier molecular flexibility index (Phi) is 8.28. The van der Waals surface area contributed by atoms with Crippen molar-refractivity contribution < 1.29 is 23.9 Å². The summed E-state index contributed by atoms with van der Waals surface area (Å²) in [6.45, 7) is 4.14. The van der Waals surface area contributed by atoms with E-state index in [0.29, 0.717) is 24.5 Å². The van der Waals surface area contributed by atoms with E-state index in [1.54, 1.807) is 36.3 Å². The monoisotopic (exact) mass is 538 g/mol. The standard InChI is InChI=1S/C30H42N4O5/c1-4-5-16-33(2)17-18-34-26(28(36)31-20-10-7-6-8-11-20)30-15-14-23(39-30)24(25(30)29(34)37)27(35)32-21-12-9-13-22(19-21)38-3/h9,12-15,19-20,23-26H,4-8,10-11,16-18H2,1-3H3,(H,31,36)(H,32,35)/t23-,24+,25-,26+,30-/m0/s1. The van der Waals surface area contributed by atoms with Gasteiger partial charge in [0.05, 0.1) is 25.0 Å². The Balaban J connectivity index is 1.40. The zero-order valence-electron chi connectivity index (χ0n) is 23.4. The van der Waals surface area contributed by atoms with Crippen LogP contribution in [0.2, 0.25) is 0 Å². The van der Waals surface area contributed by atoms with Gasteiger partial charge in [-0.25, -0.2) is 0 Å². The van der Waals surface area contributed by atoms with Gasteiger partial charge in [0.1, 0.15) is 17.4 Å². The highest BCUT2D eigenvalue weighted by Crippen LogP contribution is 2.55. The lowest BCUT2D eigenvalue weighted by molar-refractivity contribution is -0.141. The predicted octanol–water partition coefficient (Wildman–Crippen LogP) is 2.97. The molecule has 0 unspecified atom stereocenters. The molecule has 1 aromatic carbocycles. The van der Waals surface area contributed by atoms with Crippen molar-refractivity contribution in [1.29, 1.82) is 0 Å². The minimum Gasteiger partial charge on any atom is -0.497 e. The van der Waals surface area contributed by atoms with Gasteiger partial charge in [-0.2, -0.15) is 0 Å². The van der Waals surface area contributed by atoms with Crippen molar-refractivity contribution in [2.75, 3.05) is 39.1 Å². The molecular formula is C30H42N4O5. The van der Waals surface area contributed by atoms with Gasteiger partial charge in [0.2, 0.25) is 17.7 Å². The van der Waals surface area contributed by atoms with E-state index in [4.69, 9.17) is 9.47 Å². The summed E-state index contributed by atoms with van der Waals surface area (Å²) in [6.07, 6.45) is 10.6. The number of nitrogens with zero attached hydrogens (tertiary/aromatic N) is 2. The lowest BCUT2D eigenvalue weighted by Gasteiger charge is -2.34. The van der Waals surface area contributed by atoms with E-state index in [2.05, 4.69) is 22.5 Å². The van der Waals surface area contributed by atoms with Crippen LogP contribution in [0.3, 0.4) is 0 Å². The molecule has 1 aromatic rings. The number of ether oxygens (including phenoxy) is 2. The number of carbonyl (C=O) groups is 3. The van der Waals surface area contributed by atoms with Crippen LogP contribution in [0.4, 0.5) is 5.69 Å². The van der Waals surface area contributed by atoms with Gasteiger partial charge in [-0.3, -0.25) is 14.4 Å². The number of likely N-dealkylation sites (N-methyl/N-ethyl adjacent to an activating group) is 1. The van der Waals surface area contributed by atoms with Gasteiger partial charge >= 0.3 is 0 Å². The summed E-state index contributed by atoms with van der Waals surface area (Å²) < 4.78 is 11.7. The summed E-state index contributed by atoms with van der Waals surface area (Å²) in [7, 11) is 3.61. The van der Waals surface area contributed by atoms with Gasteiger partial charge in [-0.15, -0.1) is 0 Å². The molecule has 9 heteroatoms. The molecular weight excluding hydrogens is 496 g/mol. The van der Waals surface area contributed by atoms with E-state index in [1.165, 1.54) is 6.42 Å². The lowest BCUT2D eigenvalue weighted by atomic mass is 9.74. The van der Waals surface area contributed by atoms with Crippen LogP contribution in [0.5, 0.6) is 5.75 Å². The Hall–Kier alpha value is -2.91. The average molecular weight is 539 g/mol. The van der Waals surface area contributed by atoms with E-state index >= 15 is 0 Å². The van der Waals surface area contributed by atoms with Gasteiger partial charge in [-0.05, 0) is 45.0 Å². The van der Waals surface area contributed by atoms with Crippen LogP contribution in [-0.2, 0) is 19.1 Å². The SMILES string of the molecule is CCCCN(C)CCN1C(=O)[C@@H]2[C@H](C(=O)Nc3cccc(OC)c3)[C@@H]3C=C[C@@]2(O3)[C@H]1C(=O)NC1CCCCC1. The normalized spacial score (nSPS) is 29.6. The maximum absolute atomic E-state index is 14.1. The number of nitrogens with one attached hydrogen (secondary N) is 2. The topological polar surface area (TPSA) is 100 Å². The van der Waals surface area contributed by atoms with Crippen LogP contribution in [0.25, 0.3) is 0 Å². The van der Waals surface area contributed by atoms with Crippen LogP contribution in [0.1, 0.15) is 51.9 Å². The summed E-state index contributed by atoms with van der Waals surface area (Å²) in [4.78, 5) is 45.5. The van der Waals surface area contributed by atoms with E-state index in [0.717, 1.165) is 45.1 Å². The summed E-state index contributed by atoms with van der Waals surface area (Å²) in [5, 5.41) is 6.20. The molecule has 9 nitrogen and oxygen atoms in total. The summed E-state index contributed by atoms with van der Waals surface area (Å²) >= 11 is 0. The Bertz CT molecular complexity index is 1100. The van der Waals surface area contributed by atoms with E-state index < -0.39 is 29.6 Å². The smallest absolute Gasteiger partial charge is 0.246 e. The zero-order valence-corrected chi connectivity index (χ0v) is 23.4. The third-order valence-corrected chi connectivity index (χ3v) is 8.83.